The van der Waals surface area contributed by atoms with Crippen LogP contribution in [0.25, 0.3) is 27.5 Å². The fourth-order valence-electron chi connectivity index (χ4n) is 2.95. The summed E-state index contributed by atoms with van der Waals surface area (Å²) in [5.41, 5.74) is 10.4. The van der Waals surface area contributed by atoms with Gasteiger partial charge in [0.1, 0.15) is 22.7 Å². The van der Waals surface area contributed by atoms with Crippen LogP contribution in [0.15, 0.2) is 34.4 Å². The van der Waals surface area contributed by atoms with Crippen LogP contribution in [0.4, 0.5) is 5.82 Å². The predicted octanol–water partition coefficient (Wildman–Crippen LogP) is 2.60. The molecule has 146 valence electrons. The zero-order chi connectivity index (χ0) is 20.3. The summed E-state index contributed by atoms with van der Waals surface area (Å²) in [5, 5.41) is 9.96. The van der Waals surface area contributed by atoms with Gasteiger partial charge < -0.3 is 20.7 Å². The first kappa shape index (κ1) is 19.5. The first-order valence-corrected chi connectivity index (χ1v) is 9.02. The second-order valence-corrected chi connectivity index (χ2v) is 6.76. The second kappa shape index (κ2) is 8.18. The summed E-state index contributed by atoms with van der Waals surface area (Å²) in [7, 11) is 3.73. The highest BCUT2D eigenvalue weighted by atomic mass is 16.2. The Hall–Kier alpha value is -3.26. The highest BCUT2D eigenvalue weighted by Gasteiger charge is 2.12. The highest BCUT2D eigenvalue weighted by molar-refractivity contribution is 6.06. The maximum absolute atomic E-state index is 9.03. The van der Waals surface area contributed by atoms with Crippen molar-refractivity contribution in [3.8, 4) is 0 Å². The molecule has 0 fully saturated rings. The van der Waals surface area contributed by atoms with Crippen molar-refractivity contribution < 1.29 is 5.11 Å². The van der Waals surface area contributed by atoms with Gasteiger partial charge in [-0.15, -0.1) is 0 Å². The van der Waals surface area contributed by atoms with Gasteiger partial charge in [-0.2, -0.15) is 0 Å². The summed E-state index contributed by atoms with van der Waals surface area (Å²) < 4.78 is 0. The van der Waals surface area contributed by atoms with E-state index in [4.69, 9.17) is 10.8 Å². The average molecular weight is 379 g/mol. The lowest BCUT2D eigenvalue weighted by molar-refractivity contribution is 0.287. The second-order valence-electron chi connectivity index (χ2n) is 6.76. The molecule has 0 saturated carbocycles. The van der Waals surface area contributed by atoms with Gasteiger partial charge in [0, 0.05) is 38.7 Å². The van der Waals surface area contributed by atoms with Crippen LogP contribution in [0.3, 0.4) is 0 Å². The Labute approximate surface area is 163 Å². The third-order valence-corrected chi connectivity index (χ3v) is 4.44. The summed E-state index contributed by atoms with van der Waals surface area (Å²) in [6.45, 7) is 5.64. The van der Waals surface area contributed by atoms with Crippen LogP contribution in [0.2, 0.25) is 0 Å². The van der Waals surface area contributed by atoms with Crippen LogP contribution in [0.1, 0.15) is 24.7 Å². The summed E-state index contributed by atoms with van der Waals surface area (Å²) in [4.78, 5) is 22.5. The number of hydrogen-bond acceptors (Lipinski definition) is 5. The van der Waals surface area contributed by atoms with Crippen molar-refractivity contribution in [1.82, 2.24) is 19.9 Å². The van der Waals surface area contributed by atoms with Crippen molar-refractivity contribution in [2.45, 2.75) is 19.8 Å². The number of aliphatic imine (C=N–C) groups is 2. The molecule has 4 N–H and O–H groups in total. The molecule has 3 rings (SSSR count). The number of fused-ring (bicyclic) bond motifs is 3. The van der Waals surface area contributed by atoms with Crippen LogP contribution < -0.4 is 5.73 Å². The Kier molecular flexibility index (Phi) is 5.70. The number of hydrogen-bond donors (Lipinski definition) is 3. The Bertz CT molecular complexity index is 1080. The molecule has 2 heterocycles. The van der Waals surface area contributed by atoms with Crippen LogP contribution in [0, 0.1) is 0 Å². The normalized spacial score (nSPS) is 12.7. The SMILES string of the molecule is C=NC(=N/C=C(\C)c1ccc2c(c1)nc(N)c1[nH]c(CCCO)nc12)N(C)C. The molecule has 0 spiro atoms. The van der Waals surface area contributed by atoms with Gasteiger partial charge in [-0.3, -0.25) is 0 Å². The number of rotatable bonds is 5. The Morgan fingerprint density at radius 1 is 1.36 bits per heavy atom. The Balaban J connectivity index is 2.04. The molecule has 3 aromatic rings. The minimum Gasteiger partial charge on any atom is -0.396 e. The fraction of sp³-hybridized carbons (Fsp3) is 0.300. The predicted molar refractivity (Wildman–Crippen MR) is 116 cm³/mol. The van der Waals surface area contributed by atoms with Crippen molar-refractivity contribution in [2.75, 3.05) is 26.4 Å². The zero-order valence-corrected chi connectivity index (χ0v) is 16.4. The Morgan fingerprint density at radius 3 is 2.82 bits per heavy atom. The third-order valence-electron chi connectivity index (χ3n) is 4.44. The smallest absolute Gasteiger partial charge is 0.224 e. The van der Waals surface area contributed by atoms with Crippen molar-refractivity contribution >= 4 is 46.0 Å². The molecule has 8 nitrogen and oxygen atoms in total. The summed E-state index contributed by atoms with van der Waals surface area (Å²) in [6, 6.07) is 5.99. The molecule has 0 atom stereocenters. The highest BCUT2D eigenvalue weighted by Crippen LogP contribution is 2.28. The number of nitrogen functional groups attached to an aromatic ring is 1. The summed E-state index contributed by atoms with van der Waals surface area (Å²) >= 11 is 0. The van der Waals surface area contributed by atoms with E-state index in [1.165, 1.54) is 0 Å². The van der Waals surface area contributed by atoms with Gasteiger partial charge in [-0.05, 0) is 43.3 Å². The number of nitrogens with two attached hydrogens (primary N) is 1. The molecule has 0 radical (unpaired) electrons. The van der Waals surface area contributed by atoms with E-state index in [-0.39, 0.29) is 6.61 Å². The number of aliphatic hydroxyl groups excluding tert-OH is 1. The standard InChI is InChI=1S/C20H25N7O/c1-12(11-23-20(22-2)27(3)4)13-7-8-14-15(10-13)24-19(21)18-17(14)25-16(26-18)6-5-9-28/h7-8,10-11,28H,2,5-6,9H2,1,3-4H3,(H2,21,24)(H,25,26)/b12-11+,23-20?. The van der Waals surface area contributed by atoms with Crippen molar-refractivity contribution in [1.29, 1.82) is 0 Å². The number of pyridine rings is 1. The number of benzene rings is 1. The van der Waals surface area contributed by atoms with E-state index in [1.807, 2.05) is 39.2 Å². The van der Waals surface area contributed by atoms with Crippen molar-refractivity contribution in [2.24, 2.45) is 9.98 Å². The van der Waals surface area contributed by atoms with Gasteiger partial charge in [-0.25, -0.2) is 20.0 Å². The summed E-state index contributed by atoms with van der Waals surface area (Å²) in [5.74, 6) is 1.75. The molecule has 0 aliphatic heterocycles. The van der Waals surface area contributed by atoms with Crippen molar-refractivity contribution in [3.05, 3.63) is 35.8 Å². The Morgan fingerprint density at radius 2 is 2.14 bits per heavy atom. The number of aliphatic hydroxyl groups is 1. The van der Waals surface area contributed by atoms with Crippen molar-refractivity contribution in [3.63, 3.8) is 0 Å². The molecule has 0 unspecified atom stereocenters. The van der Waals surface area contributed by atoms with Gasteiger partial charge >= 0.3 is 0 Å². The number of nitrogens with zero attached hydrogens (tertiary/aromatic N) is 5. The van der Waals surface area contributed by atoms with Gasteiger partial charge in [-0.1, -0.05) is 6.07 Å². The number of H-pyrrole nitrogens is 1. The first-order valence-electron chi connectivity index (χ1n) is 9.02. The van der Waals surface area contributed by atoms with Crippen LogP contribution in [-0.4, -0.2) is 58.3 Å². The number of aryl methyl sites for hydroxylation is 1. The van der Waals surface area contributed by atoms with Gasteiger partial charge in [0.2, 0.25) is 5.96 Å². The van der Waals surface area contributed by atoms with E-state index in [0.29, 0.717) is 24.6 Å². The number of nitrogens with one attached hydrogen (secondary N) is 1. The number of aromatic nitrogens is 3. The maximum Gasteiger partial charge on any atom is 0.224 e. The maximum atomic E-state index is 9.03. The van der Waals surface area contributed by atoms with Crippen LogP contribution >= 0.6 is 0 Å². The molecule has 1 aromatic carbocycles. The van der Waals surface area contributed by atoms with E-state index < -0.39 is 0 Å². The van der Waals surface area contributed by atoms with E-state index >= 15 is 0 Å². The molecule has 0 bridgehead atoms. The van der Waals surface area contributed by atoms with Crippen LogP contribution in [-0.2, 0) is 6.42 Å². The molecular formula is C20H25N7O. The monoisotopic (exact) mass is 379 g/mol. The molecule has 0 saturated heterocycles. The topological polar surface area (TPSA) is 116 Å². The lowest BCUT2D eigenvalue weighted by Gasteiger charge is -2.09. The molecule has 8 heteroatoms. The molecule has 0 aliphatic carbocycles. The largest absolute Gasteiger partial charge is 0.396 e. The fourth-order valence-corrected chi connectivity index (χ4v) is 2.95. The van der Waals surface area contributed by atoms with Crippen LogP contribution in [0.5, 0.6) is 0 Å². The van der Waals surface area contributed by atoms with Gasteiger partial charge in [0.25, 0.3) is 0 Å². The average Bonchev–Trinajstić information content (AvgIpc) is 3.11. The minimum atomic E-state index is 0.125. The zero-order valence-electron chi connectivity index (χ0n) is 16.4. The number of imidazole rings is 1. The number of allylic oxidation sites excluding steroid dienone is 1. The van der Waals surface area contributed by atoms with Gasteiger partial charge in [0.05, 0.1) is 5.52 Å². The lowest BCUT2D eigenvalue weighted by atomic mass is 10.1. The third kappa shape index (κ3) is 3.86. The number of anilines is 1. The van der Waals surface area contributed by atoms with E-state index in [1.54, 1.807) is 11.1 Å². The lowest BCUT2D eigenvalue weighted by Crippen LogP contribution is -2.18. The quantitative estimate of drug-likeness (QED) is 0.465. The van der Waals surface area contributed by atoms with E-state index in [0.717, 1.165) is 38.9 Å². The molecule has 0 aliphatic rings. The van der Waals surface area contributed by atoms with E-state index in [2.05, 4.69) is 31.7 Å². The van der Waals surface area contributed by atoms with E-state index in [9.17, 15) is 0 Å². The van der Waals surface area contributed by atoms with Gasteiger partial charge in [0.15, 0.2) is 0 Å². The number of guanidine groups is 1. The molecular weight excluding hydrogens is 354 g/mol. The molecule has 0 amide bonds. The molecule has 2 aromatic heterocycles. The first-order chi connectivity index (χ1) is 13.4. The summed E-state index contributed by atoms with van der Waals surface area (Å²) in [6.07, 6.45) is 3.07. The minimum absolute atomic E-state index is 0.125. The number of aromatic amines is 1. The molecule has 28 heavy (non-hydrogen) atoms.